The minimum absolute atomic E-state index is 0.326. The summed E-state index contributed by atoms with van der Waals surface area (Å²) in [5, 5.41) is 9.35. The number of piperidine rings is 1. The summed E-state index contributed by atoms with van der Waals surface area (Å²) < 4.78 is 5.19. The first-order valence-corrected chi connectivity index (χ1v) is 8.27. The van der Waals surface area contributed by atoms with Gasteiger partial charge in [-0.1, -0.05) is 32.0 Å². The molecular formula is C18H23N3O2. The summed E-state index contributed by atoms with van der Waals surface area (Å²) in [5.41, 5.74) is 2.00. The Kier molecular flexibility index (Phi) is 4.46. The van der Waals surface area contributed by atoms with Crippen molar-refractivity contribution in [2.24, 2.45) is 11.8 Å². The van der Waals surface area contributed by atoms with Gasteiger partial charge in [-0.25, -0.2) is 4.79 Å². The predicted octanol–water partition coefficient (Wildman–Crippen LogP) is 3.29. The standard InChI is InChI=1S/C18H23N3O2/c1-4-23-18(22)16-17(21-10-12(2)9-13(3)11-21)14-7-5-6-8-15(14)19-20-16/h5-8,12-13H,4,9-11H2,1-3H3/t12-,13-/m1/s1. The van der Waals surface area contributed by atoms with Gasteiger partial charge < -0.3 is 9.64 Å². The predicted molar refractivity (Wildman–Crippen MR) is 90.7 cm³/mol. The molecule has 0 N–H and O–H groups in total. The number of carbonyl (C=O) groups is 1. The molecule has 0 aliphatic carbocycles. The SMILES string of the molecule is CCOC(=O)c1nnc2ccccc2c1N1C[C@H](C)C[C@@H](C)C1. The number of anilines is 1. The maximum Gasteiger partial charge on any atom is 0.361 e. The van der Waals surface area contributed by atoms with Crippen molar-refractivity contribution in [3.8, 4) is 0 Å². The number of hydrogen-bond acceptors (Lipinski definition) is 5. The van der Waals surface area contributed by atoms with Gasteiger partial charge in [-0.2, -0.15) is 0 Å². The van der Waals surface area contributed by atoms with E-state index in [9.17, 15) is 4.79 Å². The van der Waals surface area contributed by atoms with Gasteiger partial charge in [-0.3, -0.25) is 0 Å². The smallest absolute Gasteiger partial charge is 0.361 e. The van der Waals surface area contributed by atoms with Crippen LogP contribution in [0.3, 0.4) is 0 Å². The number of fused-ring (bicyclic) bond motifs is 1. The number of esters is 1. The number of carbonyl (C=O) groups excluding carboxylic acids is 1. The molecule has 122 valence electrons. The number of rotatable bonds is 3. The molecular weight excluding hydrogens is 290 g/mol. The second-order valence-electron chi connectivity index (χ2n) is 6.49. The van der Waals surface area contributed by atoms with Crippen molar-refractivity contribution in [3.05, 3.63) is 30.0 Å². The molecule has 1 aromatic heterocycles. The Hall–Kier alpha value is -2.17. The molecule has 2 heterocycles. The van der Waals surface area contributed by atoms with E-state index in [0.29, 0.717) is 24.1 Å². The third-order valence-electron chi connectivity index (χ3n) is 4.30. The van der Waals surface area contributed by atoms with Crippen LogP contribution in [0.4, 0.5) is 5.69 Å². The van der Waals surface area contributed by atoms with E-state index in [-0.39, 0.29) is 0 Å². The molecule has 0 saturated carbocycles. The highest BCUT2D eigenvalue weighted by Gasteiger charge is 2.28. The fraction of sp³-hybridized carbons (Fsp3) is 0.500. The van der Waals surface area contributed by atoms with Gasteiger partial charge >= 0.3 is 5.97 Å². The van der Waals surface area contributed by atoms with Gasteiger partial charge in [0.25, 0.3) is 0 Å². The molecule has 23 heavy (non-hydrogen) atoms. The van der Waals surface area contributed by atoms with E-state index in [1.54, 1.807) is 6.92 Å². The van der Waals surface area contributed by atoms with Crippen LogP contribution in [0.1, 0.15) is 37.7 Å². The van der Waals surface area contributed by atoms with Crippen LogP contribution in [0, 0.1) is 11.8 Å². The van der Waals surface area contributed by atoms with E-state index in [4.69, 9.17) is 4.74 Å². The summed E-state index contributed by atoms with van der Waals surface area (Å²) >= 11 is 0. The topological polar surface area (TPSA) is 55.3 Å². The quantitative estimate of drug-likeness (QED) is 0.814. The molecule has 5 nitrogen and oxygen atoms in total. The fourth-order valence-electron chi connectivity index (χ4n) is 3.54. The van der Waals surface area contributed by atoms with Crippen molar-refractivity contribution in [2.75, 3.05) is 24.6 Å². The zero-order valence-corrected chi connectivity index (χ0v) is 14.0. The average Bonchev–Trinajstić information content (AvgIpc) is 2.53. The molecule has 0 amide bonds. The summed E-state index contributed by atoms with van der Waals surface area (Å²) in [7, 11) is 0. The maximum absolute atomic E-state index is 12.4. The third kappa shape index (κ3) is 3.14. The average molecular weight is 313 g/mol. The lowest BCUT2D eigenvalue weighted by Gasteiger charge is -2.37. The second kappa shape index (κ2) is 6.52. The van der Waals surface area contributed by atoms with Gasteiger partial charge in [-0.15, -0.1) is 10.2 Å². The molecule has 0 spiro atoms. The summed E-state index contributed by atoms with van der Waals surface area (Å²) in [5.74, 6) is 0.771. The molecule has 2 atom stereocenters. The van der Waals surface area contributed by atoms with E-state index in [1.807, 2.05) is 24.3 Å². The largest absolute Gasteiger partial charge is 0.461 e. The Morgan fingerprint density at radius 1 is 1.22 bits per heavy atom. The van der Waals surface area contributed by atoms with E-state index >= 15 is 0 Å². The van der Waals surface area contributed by atoms with Gasteiger partial charge in [0.15, 0.2) is 5.69 Å². The van der Waals surface area contributed by atoms with E-state index in [1.165, 1.54) is 6.42 Å². The summed E-state index contributed by atoms with van der Waals surface area (Å²) in [4.78, 5) is 14.6. The van der Waals surface area contributed by atoms with Crippen LogP contribution in [-0.4, -0.2) is 35.9 Å². The number of hydrogen-bond donors (Lipinski definition) is 0. The zero-order chi connectivity index (χ0) is 16.4. The lowest BCUT2D eigenvalue weighted by Crippen LogP contribution is -2.40. The van der Waals surface area contributed by atoms with Crippen molar-refractivity contribution >= 4 is 22.6 Å². The highest BCUT2D eigenvalue weighted by Crippen LogP contribution is 2.33. The van der Waals surface area contributed by atoms with Crippen molar-refractivity contribution in [3.63, 3.8) is 0 Å². The minimum Gasteiger partial charge on any atom is -0.461 e. The first-order chi connectivity index (χ1) is 11.1. The van der Waals surface area contributed by atoms with Crippen LogP contribution >= 0.6 is 0 Å². The molecule has 1 saturated heterocycles. The highest BCUT2D eigenvalue weighted by molar-refractivity contribution is 6.03. The highest BCUT2D eigenvalue weighted by atomic mass is 16.5. The van der Waals surface area contributed by atoms with E-state index < -0.39 is 5.97 Å². The summed E-state index contributed by atoms with van der Waals surface area (Å²) in [6.07, 6.45) is 1.21. The number of nitrogens with zero attached hydrogens (tertiary/aromatic N) is 3. The second-order valence-corrected chi connectivity index (χ2v) is 6.49. The first-order valence-electron chi connectivity index (χ1n) is 8.27. The first kappa shape index (κ1) is 15.7. The molecule has 1 aliphatic heterocycles. The minimum atomic E-state index is -0.397. The van der Waals surface area contributed by atoms with Crippen molar-refractivity contribution in [1.29, 1.82) is 0 Å². The molecule has 1 fully saturated rings. The van der Waals surface area contributed by atoms with Gasteiger partial charge in [0.05, 0.1) is 17.8 Å². The van der Waals surface area contributed by atoms with Gasteiger partial charge in [-0.05, 0) is 31.2 Å². The lowest BCUT2D eigenvalue weighted by molar-refractivity contribution is 0.0519. The number of aromatic nitrogens is 2. The van der Waals surface area contributed by atoms with E-state index in [2.05, 4.69) is 28.9 Å². The van der Waals surface area contributed by atoms with E-state index in [0.717, 1.165) is 29.7 Å². The fourth-order valence-corrected chi connectivity index (χ4v) is 3.54. The number of benzene rings is 1. The van der Waals surface area contributed by atoms with Gasteiger partial charge in [0.1, 0.15) is 0 Å². The summed E-state index contributed by atoms with van der Waals surface area (Å²) in [6.45, 7) is 8.49. The molecule has 3 rings (SSSR count). The molecule has 2 aromatic rings. The Morgan fingerprint density at radius 2 is 1.91 bits per heavy atom. The maximum atomic E-state index is 12.4. The van der Waals surface area contributed by atoms with Crippen LogP contribution < -0.4 is 4.90 Å². The van der Waals surface area contributed by atoms with Crippen LogP contribution in [0.15, 0.2) is 24.3 Å². The Labute approximate surface area is 136 Å². The Morgan fingerprint density at radius 3 is 2.61 bits per heavy atom. The lowest BCUT2D eigenvalue weighted by atomic mass is 9.91. The molecule has 0 bridgehead atoms. The number of ether oxygens (including phenoxy) is 1. The van der Waals surface area contributed by atoms with Gasteiger partial charge in [0.2, 0.25) is 0 Å². The molecule has 5 heteroatoms. The zero-order valence-electron chi connectivity index (χ0n) is 14.0. The monoisotopic (exact) mass is 313 g/mol. The molecule has 0 unspecified atom stereocenters. The molecule has 0 radical (unpaired) electrons. The third-order valence-corrected chi connectivity index (χ3v) is 4.30. The summed E-state index contributed by atoms with van der Waals surface area (Å²) in [6, 6.07) is 7.84. The van der Waals surface area contributed by atoms with Crippen LogP contribution in [0.5, 0.6) is 0 Å². The van der Waals surface area contributed by atoms with Gasteiger partial charge in [0, 0.05) is 18.5 Å². The Bertz CT molecular complexity index is 706. The van der Waals surface area contributed by atoms with Crippen molar-refractivity contribution in [1.82, 2.24) is 10.2 Å². The normalized spacial score (nSPS) is 21.4. The van der Waals surface area contributed by atoms with Crippen LogP contribution in [0.2, 0.25) is 0 Å². The van der Waals surface area contributed by atoms with Crippen molar-refractivity contribution < 1.29 is 9.53 Å². The van der Waals surface area contributed by atoms with Crippen molar-refractivity contribution in [2.45, 2.75) is 27.2 Å². The Balaban J connectivity index is 2.14. The molecule has 1 aliphatic rings. The molecule has 1 aromatic carbocycles. The van der Waals surface area contributed by atoms with Crippen LogP contribution in [0.25, 0.3) is 10.9 Å². The van der Waals surface area contributed by atoms with Crippen LogP contribution in [-0.2, 0) is 4.74 Å².